The number of ether oxygens (including phenoxy) is 1. The molecule has 0 aromatic heterocycles. The Hall–Kier alpha value is -2.34. The molecule has 0 aliphatic carbocycles. The van der Waals surface area contributed by atoms with E-state index in [1.54, 1.807) is 42.3 Å². The van der Waals surface area contributed by atoms with Crippen molar-refractivity contribution in [1.29, 1.82) is 0 Å². The highest BCUT2D eigenvalue weighted by molar-refractivity contribution is 8.00. The van der Waals surface area contributed by atoms with Crippen molar-refractivity contribution < 1.29 is 23.5 Å². The van der Waals surface area contributed by atoms with Crippen molar-refractivity contribution >= 4 is 76.2 Å². The van der Waals surface area contributed by atoms with Crippen molar-refractivity contribution in [2.45, 2.75) is 11.0 Å². The molecule has 2 aromatic carbocycles. The third-order valence-electron chi connectivity index (χ3n) is 6.14. The van der Waals surface area contributed by atoms with Crippen LogP contribution in [0, 0.1) is 5.82 Å². The first-order valence-corrected chi connectivity index (χ1v) is 13.6. The second-order valence-corrected chi connectivity index (χ2v) is 10.9. The molecular formula is C24H25Cl2FN4O4S2. The van der Waals surface area contributed by atoms with Gasteiger partial charge in [-0.15, -0.1) is 11.8 Å². The number of thiol groups is 1. The Morgan fingerprint density at radius 2 is 1.89 bits per heavy atom. The normalized spacial score (nSPS) is 17.7. The molecule has 2 aliphatic heterocycles. The molecule has 0 unspecified atom stereocenters. The lowest BCUT2D eigenvalue weighted by Gasteiger charge is -2.36. The zero-order chi connectivity index (χ0) is 26.7. The standard InChI is InChI=1S/C24H25Cl2FN4O4S2/c1-28(24(34)36)12-17-13-31(23(33)35-17)16-3-5-20(19(27)11-16)29-6-8-30(9-7-29)22(32)14-37-21-10-15(25)2-4-18(21)26/h2-5,10-11,17H,6-9,12-14H2,1H3,(H,34,36)/t17-/m1/s1. The minimum Gasteiger partial charge on any atom is -0.442 e. The van der Waals surface area contributed by atoms with E-state index >= 15 is 4.39 Å². The minimum absolute atomic E-state index is 0.0242. The highest BCUT2D eigenvalue weighted by Gasteiger charge is 2.34. The maximum atomic E-state index is 15.1. The number of anilines is 2. The molecule has 2 saturated heterocycles. The van der Waals surface area contributed by atoms with E-state index in [0.29, 0.717) is 47.6 Å². The summed E-state index contributed by atoms with van der Waals surface area (Å²) in [5.74, 6) is -0.264. The summed E-state index contributed by atoms with van der Waals surface area (Å²) in [4.78, 5) is 43.4. The largest absolute Gasteiger partial charge is 0.442 e. The fourth-order valence-electron chi connectivity index (χ4n) is 4.15. The van der Waals surface area contributed by atoms with Gasteiger partial charge in [-0.1, -0.05) is 35.8 Å². The highest BCUT2D eigenvalue weighted by Crippen LogP contribution is 2.31. The van der Waals surface area contributed by atoms with Gasteiger partial charge in [0.1, 0.15) is 11.9 Å². The Kier molecular flexibility index (Phi) is 8.99. The monoisotopic (exact) mass is 586 g/mol. The highest BCUT2D eigenvalue weighted by atomic mass is 35.5. The second kappa shape index (κ2) is 12.0. The number of halogens is 3. The van der Waals surface area contributed by atoms with E-state index in [2.05, 4.69) is 12.6 Å². The molecule has 13 heteroatoms. The summed E-state index contributed by atoms with van der Waals surface area (Å²) in [6.07, 6.45) is -1.13. The van der Waals surface area contributed by atoms with Crippen LogP contribution in [0.4, 0.5) is 25.4 Å². The molecule has 37 heavy (non-hydrogen) atoms. The van der Waals surface area contributed by atoms with Gasteiger partial charge in [-0.3, -0.25) is 14.5 Å². The number of likely N-dealkylation sites (N-methyl/N-ethyl adjacent to an activating group) is 1. The topological polar surface area (TPSA) is 73.4 Å². The SMILES string of the molecule is CN(C[C@@H]1CN(c2ccc(N3CCN(C(=O)CSc4cc(Cl)ccc4Cl)CC3)c(F)c2)C(=O)O1)C(=O)S. The molecule has 0 radical (unpaired) electrons. The number of nitrogens with zero attached hydrogens (tertiary/aromatic N) is 4. The van der Waals surface area contributed by atoms with E-state index in [-0.39, 0.29) is 24.7 Å². The molecule has 198 valence electrons. The molecule has 0 N–H and O–H groups in total. The van der Waals surface area contributed by atoms with Gasteiger partial charge in [-0.25, -0.2) is 9.18 Å². The number of hydrogen-bond acceptors (Lipinski definition) is 6. The lowest BCUT2D eigenvalue weighted by atomic mass is 10.2. The van der Waals surface area contributed by atoms with E-state index in [9.17, 15) is 14.4 Å². The average Bonchev–Trinajstić information content (AvgIpc) is 3.24. The van der Waals surface area contributed by atoms with Crippen LogP contribution in [0.1, 0.15) is 0 Å². The smallest absolute Gasteiger partial charge is 0.414 e. The first kappa shape index (κ1) is 27.7. The molecule has 2 heterocycles. The summed E-state index contributed by atoms with van der Waals surface area (Å²) in [6, 6.07) is 9.72. The van der Waals surface area contributed by atoms with Gasteiger partial charge in [0, 0.05) is 43.1 Å². The summed E-state index contributed by atoms with van der Waals surface area (Å²) >= 11 is 17.3. The summed E-state index contributed by atoms with van der Waals surface area (Å²) in [6.45, 7) is 2.26. The Balaban J connectivity index is 1.31. The molecule has 2 fully saturated rings. The predicted octanol–water partition coefficient (Wildman–Crippen LogP) is 4.88. The van der Waals surface area contributed by atoms with Crippen LogP contribution in [-0.2, 0) is 9.53 Å². The number of thioether (sulfide) groups is 1. The van der Waals surface area contributed by atoms with Crippen LogP contribution in [0.3, 0.4) is 0 Å². The number of hydrogen-bond donors (Lipinski definition) is 1. The second-order valence-electron chi connectivity index (χ2n) is 8.65. The number of carbonyl (C=O) groups is 3. The molecule has 2 aromatic rings. The number of piperazine rings is 1. The predicted molar refractivity (Wildman–Crippen MR) is 147 cm³/mol. The fourth-order valence-corrected chi connectivity index (χ4v) is 5.62. The van der Waals surface area contributed by atoms with Crippen molar-refractivity contribution in [2.24, 2.45) is 0 Å². The third kappa shape index (κ3) is 6.76. The van der Waals surface area contributed by atoms with Crippen molar-refractivity contribution in [3.8, 4) is 0 Å². The van der Waals surface area contributed by atoms with Crippen LogP contribution in [0.2, 0.25) is 10.0 Å². The first-order chi connectivity index (χ1) is 17.6. The molecule has 0 saturated carbocycles. The van der Waals surface area contributed by atoms with Gasteiger partial charge in [-0.05, 0) is 36.4 Å². The number of amides is 3. The van der Waals surface area contributed by atoms with Crippen molar-refractivity contribution in [3.05, 3.63) is 52.3 Å². The van der Waals surface area contributed by atoms with Crippen LogP contribution < -0.4 is 9.80 Å². The number of rotatable bonds is 7. The first-order valence-electron chi connectivity index (χ1n) is 11.4. The molecule has 8 nitrogen and oxygen atoms in total. The molecular weight excluding hydrogens is 562 g/mol. The van der Waals surface area contributed by atoms with Gasteiger partial charge in [0.05, 0.1) is 35.2 Å². The maximum absolute atomic E-state index is 15.1. The van der Waals surface area contributed by atoms with Crippen LogP contribution >= 0.6 is 47.6 Å². The lowest BCUT2D eigenvalue weighted by Crippen LogP contribution is -2.49. The van der Waals surface area contributed by atoms with Crippen molar-refractivity contribution in [2.75, 3.05) is 61.9 Å². The fraction of sp³-hybridized carbons (Fsp3) is 0.375. The van der Waals surface area contributed by atoms with Gasteiger partial charge < -0.3 is 19.4 Å². The van der Waals surface area contributed by atoms with Gasteiger partial charge >= 0.3 is 6.09 Å². The number of carbonyl (C=O) groups excluding carboxylic acids is 3. The summed E-state index contributed by atoms with van der Waals surface area (Å²) in [5.41, 5.74) is 0.777. The van der Waals surface area contributed by atoms with Crippen LogP contribution in [0.5, 0.6) is 0 Å². The van der Waals surface area contributed by atoms with E-state index in [0.717, 1.165) is 4.90 Å². The number of cyclic esters (lactones) is 1. The maximum Gasteiger partial charge on any atom is 0.414 e. The Bertz CT molecular complexity index is 1200. The van der Waals surface area contributed by atoms with Crippen molar-refractivity contribution in [3.63, 3.8) is 0 Å². The molecule has 2 aliphatic rings. The Morgan fingerprint density at radius 1 is 1.16 bits per heavy atom. The summed E-state index contributed by atoms with van der Waals surface area (Å²) < 4.78 is 20.4. The van der Waals surface area contributed by atoms with E-state index in [1.165, 1.54) is 27.6 Å². The molecule has 4 rings (SSSR count). The molecule has 0 spiro atoms. The van der Waals surface area contributed by atoms with E-state index < -0.39 is 23.3 Å². The average molecular weight is 588 g/mol. The van der Waals surface area contributed by atoms with Crippen LogP contribution in [-0.4, -0.2) is 85.2 Å². The molecule has 3 amide bonds. The van der Waals surface area contributed by atoms with Crippen LogP contribution in [0.15, 0.2) is 41.3 Å². The molecule has 0 bridgehead atoms. The third-order valence-corrected chi connectivity index (χ3v) is 8.20. The zero-order valence-corrected chi connectivity index (χ0v) is 23.1. The van der Waals surface area contributed by atoms with Gasteiger partial charge in [0.15, 0.2) is 0 Å². The lowest BCUT2D eigenvalue weighted by molar-refractivity contribution is -0.128. The summed E-state index contributed by atoms with van der Waals surface area (Å²) in [7, 11) is 1.56. The minimum atomic E-state index is -0.596. The van der Waals surface area contributed by atoms with Gasteiger partial charge in [-0.2, -0.15) is 0 Å². The van der Waals surface area contributed by atoms with Crippen molar-refractivity contribution in [1.82, 2.24) is 9.80 Å². The van der Waals surface area contributed by atoms with E-state index in [4.69, 9.17) is 27.9 Å². The quantitative estimate of drug-likeness (QED) is 0.368. The van der Waals surface area contributed by atoms with Gasteiger partial charge in [0.25, 0.3) is 5.24 Å². The van der Waals surface area contributed by atoms with Crippen LogP contribution in [0.25, 0.3) is 0 Å². The Morgan fingerprint density at radius 3 is 2.57 bits per heavy atom. The zero-order valence-electron chi connectivity index (χ0n) is 19.9. The Labute approximate surface area is 234 Å². The number of benzene rings is 2. The van der Waals surface area contributed by atoms with Gasteiger partial charge in [0.2, 0.25) is 5.91 Å². The molecule has 1 atom stereocenters. The van der Waals surface area contributed by atoms with E-state index in [1.807, 2.05) is 4.90 Å². The summed E-state index contributed by atoms with van der Waals surface area (Å²) in [5, 5.41) is 0.666.